The van der Waals surface area contributed by atoms with Gasteiger partial charge in [0.2, 0.25) is 21.8 Å². The number of allylic oxidation sites excluding steroid dienone is 1. The van der Waals surface area contributed by atoms with Gasteiger partial charge in [-0.05, 0) is 77.7 Å². The van der Waals surface area contributed by atoms with Crippen LogP contribution in [0.3, 0.4) is 0 Å². The molecule has 2 saturated carbocycles. The molecule has 224 valence electrons. The highest BCUT2D eigenvalue weighted by Crippen LogP contribution is 2.46. The lowest BCUT2D eigenvalue weighted by molar-refractivity contribution is -0.141. The molecule has 0 bridgehead atoms. The quantitative estimate of drug-likeness (QED) is 0.292. The molecule has 0 radical (unpaired) electrons. The second-order valence-electron chi connectivity index (χ2n) is 12.1. The van der Waals surface area contributed by atoms with Gasteiger partial charge in [-0.25, -0.2) is 13.2 Å². The fraction of sp³-hybridized carbons (Fsp3) is 0.741. The molecular weight excluding hydrogens is 540 g/mol. The Hall–Kier alpha value is -2.96. The van der Waals surface area contributed by atoms with Crippen LogP contribution in [0.5, 0.6) is 0 Å². The molecule has 1 aliphatic heterocycles. The number of nitrogens with one attached hydrogen (secondary N) is 3. The van der Waals surface area contributed by atoms with Crippen LogP contribution in [-0.2, 0) is 33.9 Å². The predicted octanol–water partition coefficient (Wildman–Crippen LogP) is 1.69. The maximum absolute atomic E-state index is 13.6. The summed E-state index contributed by atoms with van der Waals surface area (Å²) in [5, 5.41) is 4.72. The van der Waals surface area contributed by atoms with Gasteiger partial charge >= 0.3 is 6.09 Å². The van der Waals surface area contributed by atoms with E-state index in [1.807, 2.05) is 6.92 Å². The third kappa shape index (κ3) is 7.61. The van der Waals surface area contributed by atoms with Crippen molar-refractivity contribution in [3.05, 3.63) is 12.2 Å². The Morgan fingerprint density at radius 3 is 2.30 bits per heavy atom. The molecule has 0 unspecified atom stereocenters. The fourth-order valence-electron chi connectivity index (χ4n) is 4.99. The molecule has 1 saturated heterocycles. The number of carbonyl (C=O) groups excluding carboxylic acids is 5. The van der Waals surface area contributed by atoms with Crippen LogP contribution in [-0.4, -0.2) is 77.9 Å². The number of Topliss-reactive ketones (excluding diaryl/α,β-unsaturated/α-hetero) is 1. The molecule has 0 aromatic rings. The van der Waals surface area contributed by atoms with E-state index in [1.54, 1.807) is 27.7 Å². The van der Waals surface area contributed by atoms with E-state index in [0.29, 0.717) is 44.1 Å². The molecule has 13 heteroatoms. The number of rotatable bonds is 12. The molecule has 0 aromatic carbocycles. The van der Waals surface area contributed by atoms with E-state index in [4.69, 9.17) is 4.74 Å². The Balaban J connectivity index is 1.74. The van der Waals surface area contributed by atoms with Crippen molar-refractivity contribution in [2.75, 3.05) is 6.54 Å². The molecule has 12 nitrogen and oxygen atoms in total. The number of hydrogen-bond donors (Lipinski definition) is 3. The minimum absolute atomic E-state index is 0.0160. The molecule has 40 heavy (non-hydrogen) atoms. The number of hydrogen-bond acceptors (Lipinski definition) is 8. The van der Waals surface area contributed by atoms with Gasteiger partial charge in [0.05, 0.1) is 5.25 Å². The van der Waals surface area contributed by atoms with Gasteiger partial charge in [0.25, 0.3) is 5.91 Å². The average molecular weight is 583 g/mol. The Morgan fingerprint density at radius 2 is 1.77 bits per heavy atom. The highest BCUT2D eigenvalue weighted by atomic mass is 32.2. The van der Waals surface area contributed by atoms with Crippen LogP contribution in [0, 0.1) is 5.92 Å². The number of likely N-dealkylation sites (tertiary alicyclic amines) is 1. The van der Waals surface area contributed by atoms with Crippen molar-refractivity contribution in [1.82, 2.24) is 20.3 Å². The Labute approximate surface area is 236 Å². The lowest BCUT2D eigenvalue weighted by Crippen LogP contribution is -2.58. The van der Waals surface area contributed by atoms with E-state index in [1.165, 1.54) is 4.90 Å². The first-order valence-corrected chi connectivity index (χ1v) is 15.4. The second-order valence-corrected chi connectivity index (χ2v) is 14.0. The first kappa shape index (κ1) is 31.6. The van der Waals surface area contributed by atoms with Gasteiger partial charge < -0.3 is 20.3 Å². The molecule has 2 aliphatic carbocycles. The molecule has 0 aromatic heterocycles. The normalized spacial score (nSPS) is 25.0. The van der Waals surface area contributed by atoms with Crippen molar-refractivity contribution in [3.63, 3.8) is 0 Å². The van der Waals surface area contributed by atoms with E-state index in [0.717, 1.165) is 0 Å². The molecule has 4 amide bonds. The molecule has 0 spiro atoms. The van der Waals surface area contributed by atoms with Gasteiger partial charge in [-0.2, -0.15) is 0 Å². The predicted molar refractivity (Wildman–Crippen MR) is 146 cm³/mol. The zero-order valence-electron chi connectivity index (χ0n) is 24.0. The lowest BCUT2D eigenvalue weighted by Gasteiger charge is -2.30. The van der Waals surface area contributed by atoms with Crippen LogP contribution >= 0.6 is 0 Å². The number of amides is 4. The molecule has 3 rings (SSSR count). The molecular formula is C27H42N4O8S. The lowest BCUT2D eigenvalue weighted by atomic mass is 10.0. The van der Waals surface area contributed by atoms with Gasteiger partial charge in [0, 0.05) is 13.0 Å². The van der Waals surface area contributed by atoms with Crippen LogP contribution in [0.1, 0.15) is 86.0 Å². The van der Waals surface area contributed by atoms with E-state index < -0.39 is 62.3 Å². The van der Waals surface area contributed by atoms with Crippen molar-refractivity contribution in [1.29, 1.82) is 0 Å². The Morgan fingerprint density at radius 1 is 1.12 bits per heavy atom. The van der Waals surface area contributed by atoms with Crippen LogP contribution in [0.25, 0.3) is 0 Å². The summed E-state index contributed by atoms with van der Waals surface area (Å²) < 4.78 is 32.2. The number of sulfonamides is 1. The summed E-state index contributed by atoms with van der Waals surface area (Å²) in [6.45, 7) is 12.3. The Bertz CT molecular complexity index is 1170. The van der Waals surface area contributed by atoms with Crippen LogP contribution in [0.4, 0.5) is 4.79 Å². The van der Waals surface area contributed by atoms with Crippen LogP contribution in [0.15, 0.2) is 12.2 Å². The summed E-state index contributed by atoms with van der Waals surface area (Å²) in [6.07, 6.45) is 1.81. The largest absolute Gasteiger partial charge is 0.444 e. The standard InChI is InChI=1S/C27H42N4O8S/c1-7-17-15-27(17,24(35)30-40(37,38)18-10-11-18)29-22(33)20-9-8-14-31(20)23(34)19(12-13-21(32)16(2)3)28-25(36)39-26(4,5)6/h17-20H,2,7-15H2,1,3-6H3,(H,28,36)(H,29,33)(H,30,35)/t17-,19+,20+,27-/m1/s1. The van der Waals surface area contributed by atoms with Gasteiger partial charge in [0.15, 0.2) is 5.78 Å². The number of alkyl carbamates (subject to hydrolysis) is 1. The van der Waals surface area contributed by atoms with Gasteiger partial charge in [-0.15, -0.1) is 0 Å². The number of ketones is 1. The first-order chi connectivity index (χ1) is 18.5. The minimum Gasteiger partial charge on any atom is -0.444 e. The summed E-state index contributed by atoms with van der Waals surface area (Å²) in [4.78, 5) is 66.2. The number of nitrogens with zero attached hydrogens (tertiary/aromatic N) is 1. The number of ether oxygens (including phenoxy) is 1. The topological polar surface area (TPSA) is 168 Å². The maximum atomic E-state index is 13.6. The highest BCUT2D eigenvalue weighted by molar-refractivity contribution is 7.91. The molecule has 3 fully saturated rings. The summed E-state index contributed by atoms with van der Waals surface area (Å²) >= 11 is 0. The maximum Gasteiger partial charge on any atom is 0.408 e. The van der Waals surface area contributed by atoms with E-state index in [9.17, 15) is 32.4 Å². The first-order valence-electron chi connectivity index (χ1n) is 13.9. The van der Waals surface area contributed by atoms with Gasteiger partial charge in [-0.3, -0.25) is 23.9 Å². The third-order valence-electron chi connectivity index (χ3n) is 7.51. The fourth-order valence-corrected chi connectivity index (χ4v) is 6.36. The van der Waals surface area contributed by atoms with Crippen molar-refractivity contribution >= 4 is 39.6 Å². The van der Waals surface area contributed by atoms with Gasteiger partial charge in [0.1, 0.15) is 23.2 Å². The van der Waals surface area contributed by atoms with E-state index in [-0.39, 0.29) is 31.1 Å². The van der Waals surface area contributed by atoms with Crippen molar-refractivity contribution < 1.29 is 37.1 Å². The summed E-state index contributed by atoms with van der Waals surface area (Å²) in [7, 11) is -3.80. The summed E-state index contributed by atoms with van der Waals surface area (Å²) in [6, 6.07) is -2.05. The highest BCUT2D eigenvalue weighted by Gasteiger charge is 2.62. The smallest absolute Gasteiger partial charge is 0.408 e. The zero-order valence-corrected chi connectivity index (χ0v) is 24.8. The average Bonchev–Trinajstić information content (AvgIpc) is 3.76. The Kier molecular flexibility index (Phi) is 9.37. The SMILES string of the molecule is C=C(C)C(=O)CC[C@H](NC(=O)OC(C)(C)C)C(=O)N1CCC[C@H]1C(=O)N[C@]1(C(=O)NS(=O)(=O)C2CC2)C[C@H]1CC. The molecule has 3 N–H and O–H groups in total. The van der Waals surface area contributed by atoms with Gasteiger partial charge in [-0.1, -0.05) is 19.9 Å². The van der Waals surface area contributed by atoms with Crippen molar-refractivity contribution in [2.24, 2.45) is 5.92 Å². The second kappa shape index (κ2) is 11.9. The van der Waals surface area contributed by atoms with Crippen molar-refractivity contribution in [3.8, 4) is 0 Å². The summed E-state index contributed by atoms with van der Waals surface area (Å²) in [5.41, 5.74) is -1.85. The van der Waals surface area contributed by atoms with Crippen molar-refractivity contribution in [2.45, 2.75) is 114 Å². The molecule has 4 atom stereocenters. The third-order valence-corrected chi connectivity index (χ3v) is 9.33. The van der Waals surface area contributed by atoms with Crippen LogP contribution in [0.2, 0.25) is 0 Å². The number of carbonyl (C=O) groups is 5. The van der Waals surface area contributed by atoms with E-state index in [2.05, 4.69) is 21.9 Å². The monoisotopic (exact) mass is 582 g/mol. The zero-order chi connectivity index (χ0) is 30.0. The molecule has 3 aliphatic rings. The minimum atomic E-state index is -3.80. The van der Waals surface area contributed by atoms with Crippen LogP contribution < -0.4 is 15.4 Å². The van der Waals surface area contributed by atoms with E-state index >= 15 is 0 Å². The molecule has 1 heterocycles. The summed E-state index contributed by atoms with van der Waals surface area (Å²) in [5.74, 6) is -2.34.